The average Bonchev–Trinajstić information content (AvgIpc) is 2.97. The maximum atomic E-state index is 14.7. The molecule has 0 amide bonds. The standard InChI is InChI=1S/C17H11FN2O2S/c18-16-13-14(17(21)22)19-20(10-6-2-1-3-7-10)15(13)11-8-4-5-9-12(11)23-16/h1-9,16H,(H,21,22). The van der Waals surface area contributed by atoms with Crippen LogP contribution >= 0.6 is 11.8 Å². The number of aromatic nitrogens is 2. The van der Waals surface area contributed by atoms with Crippen molar-refractivity contribution in [3.8, 4) is 16.9 Å². The number of hydrogen-bond donors (Lipinski definition) is 1. The van der Waals surface area contributed by atoms with E-state index in [0.717, 1.165) is 22.2 Å². The SMILES string of the molecule is O=C(O)c1nn(-c2ccccc2)c2c1C(F)Sc1ccccc1-2. The van der Waals surface area contributed by atoms with Gasteiger partial charge in [0.2, 0.25) is 0 Å². The van der Waals surface area contributed by atoms with E-state index in [2.05, 4.69) is 5.10 Å². The third kappa shape index (κ3) is 2.14. The molecular weight excluding hydrogens is 315 g/mol. The normalized spacial score (nSPS) is 15.8. The van der Waals surface area contributed by atoms with E-state index in [1.165, 1.54) is 4.68 Å². The van der Waals surface area contributed by atoms with Crippen molar-refractivity contribution < 1.29 is 14.3 Å². The topological polar surface area (TPSA) is 55.1 Å². The van der Waals surface area contributed by atoms with E-state index in [0.29, 0.717) is 11.4 Å². The van der Waals surface area contributed by atoms with E-state index >= 15 is 0 Å². The molecule has 0 spiro atoms. The van der Waals surface area contributed by atoms with Gasteiger partial charge in [0.1, 0.15) is 0 Å². The maximum Gasteiger partial charge on any atom is 0.356 e. The van der Waals surface area contributed by atoms with Crippen LogP contribution in [-0.2, 0) is 0 Å². The predicted molar refractivity (Wildman–Crippen MR) is 85.7 cm³/mol. The Morgan fingerprint density at radius 3 is 2.57 bits per heavy atom. The van der Waals surface area contributed by atoms with Crippen LogP contribution in [0.2, 0.25) is 0 Å². The highest BCUT2D eigenvalue weighted by molar-refractivity contribution is 7.99. The molecule has 0 saturated carbocycles. The van der Waals surface area contributed by atoms with Crippen molar-refractivity contribution in [2.24, 2.45) is 0 Å². The number of rotatable bonds is 2. The fourth-order valence-corrected chi connectivity index (χ4v) is 3.77. The minimum atomic E-state index is -1.46. The Morgan fingerprint density at radius 1 is 1.13 bits per heavy atom. The molecule has 1 atom stereocenters. The van der Waals surface area contributed by atoms with Crippen LogP contribution in [-0.4, -0.2) is 20.9 Å². The summed E-state index contributed by atoms with van der Waals surface area (Å²) >= 11 is 1.01. The minimum Gasteiger partial charge on any atom is -0.476 e. The lowest BCUT2D eigenvalue weighted by Crippen LogP contribution is -2.05. The van der Waals surface area contributed by atoms with Crippen LogP contribution in [0.3, 0.4) is 0 Å². The van der Waals surface area contributed by atoms with E-state index in [4.69, 9.17) is 0 Å². The Balaban J connectivity index is 2.08. The van der Waals surface area contributed by atoms with Crippen molar-refractivity contribution in [3.05, 3.63) is 65.9 Å². The number of hydrogen-bond acceptors (Lipinski definition) is 3. The molecule has 3 aromatic rings. The molecular formula is C17H11FN2O2S. The lowest BCUT2D eigenvalue weighted by molar-refractivity contribution is 0.0687. The summed E-state index contributed by atoms with van der Waals surface area (Å²) in [5.74, 6) is -1.22. The third-order valence-electron chi connectivity index (χ3n) is 3.72. The summed E-state index contributed by atoms with van der Waals surface area (Å²) in [5.41, 5.74) is 0.442. The predicted octanol–water partition coefficient (Wildman–Crippen LogP) is 4.31. The number of carboxylic acids is 1. The second-order valence-corrected chi connectivity index (χ2v) is 6.18. The molecule has 1 N–H and O–H groups in total. The first kappa shape index (κ1) is 14.0. The van der Waals surface area contributed by atoms with E-state index in [9.17, 15) is 14.3 Å². The van der Waals surface area contributed by atoms with Gasteiger partial charge in [0.25, 0.3) is 0 Å². The number of carbonyl (C=O) groups is 1. The average molecular weight is 326 g/mol. The monoisotopic (exact) mass is 326 g/mol. The highest BCUT2D eigenvalue weighted by Gasteiger charge is 2.35. The Kier molecular flexibility index (Phi) is 3.20. The lowest BCUT2D eigenvalue weighted by Gasteiger charge is -2.20. The van der Waals surface area contributed by atoms with Crippen molar-refractivity contribution in [1.29, 1.82) is 0 Å². The van der Waals surface area contributed by atoms with E-state index < -0.39 is 11.5 Å². The highest BCUT2D eigenvalue weighted by Crippen LogP contribution is 2.51. The van der Waals surface area contributed by atoms with Crippen LogP contribution in [0.5, 0.6) is 0 Å². The van der Waals surface area contributed by atoms with Gasteiger partial charge in [-0.05, 0) is 18.2 Å². The van der Waals surface area contributed by atoms with Gasteiger partial charge in [0.15, 0.2) is 11.2 Å². The summed E-state index contributed by atoms with van der Waals surface area (Å²) in [7, 11) is 0. The first-order chi connectivity index (χ1) is 11.2. The number of para-hydroxylation sites is 1. The number of aromatic carboxylic acids is 1. The van der Waals surface area contributed by atoms with Crippen molar-refractivity contribution in [2.45, 2.75) is 10.4 Å². The Labute approximate surface area is 135 Å². The van der Waals surface area contributed by atoms with Gasteiger partial charge in [-0.3, -0.25) is 0 Å². The molecule has 2 heterocycles. The van der Waals surface area contributed by atoms with Gasteiger partial charge < -0.3 is 5.11 Å². The number of thioether (sulfide) groups is 1. The first-order valence-electron chi connectivity index (χ1n) is 6.98. The summed E-state index contributed by atoms with van der Waals surface area (Å²) in [4.78, 5) is 12.3. The number of alkyl halides is 1. The summed E-state index contributed by atoms with van der Waals surface area (Å²) in [5, 5.41) is 13.6. The molecule has 114 valence electrons. The molecule has 1 unspecified atom stereocenters. The number of fused-ring (bicyclic) bond motifs is 3. The molecule has 4 rings (SSSR count). The molecule has 0 saturated heterocycles. The quantitative estimate of drug-likeness (QED) is 0.762. The van der Waals surface area contributed by atoms with Crippen LogP contribution in [0.25, 0.3) is 16.9 Å². The van der Waals surface area contributed by atoms with Crippen LogP contribution in [0, 0.1) is 0 Å². The molecule has 1 aliphatic rings. The highest BCUT2D eigenvalue weighted by atomic mass is 32.2. The van der Waals surface area contributed by atoms with Crippen molar-refractivity contribution in [1.82, 2.24) is 9.78 Å². The summed E-state index contributed by atoms with van der Waals surface area (Å²) in [6, 6.07) is 16.5. The number of halogens is 1. The number of nitrogens with zero attached hydrogens (tertiary/aromatic N) is 2. The zero-order valence-electron chi connectivity index (χ0n) is 11.8. The Morgan fingerprint density at radius 2 is 1.83 bits per heavy atom. The fraction of sp³-hybridized carbons (Fsp3) is 0.0588. The van der Waals surface area contributed by atoms with Crippen LogP contribution in [0.15, 0.2) is 59.5 Å². The molecule has 0 radical (unpaired) electrons. The maximum absolute atomic E-state index is 14.7. The molecule has 0 bridgehead atoms. The molecule has 23 heavy (non-hydrogen) atoms. The summed E-state index contributed by atoms with van der Waals surface area (Å²) in [6.45, 7) is 0. The van der Waals surface area contributed by atoms with Crippen molar-refractivity contribution in [3.63, 3.8) is 0 Å². The molecule has 1 aromatic heterocycles. The Bertz CT molecular complexity index is 908. The minimum absolute atomic E-state index is 0.130. The van der Waals surface area contributed by atoms with Gasteiger partial charge >= 0.3 is 5.97 Å². The Hall–Kier alpha value is -2.60. The second kappa shape index (κ2) is 5.24. The third-order valence-corrected chi connectivity index (χ3v) is 4.78. The van der Waals surface area contributed by atoms with Gasteiger partial charge in [-0.15, -0.1) is 0 Å². The molecule has 2 aromatic carbocycles. The van der Waals surface area contributed by atoms with E-state index in [1.807, 2.05) is 54.6 Å². The molecule has 1 aliphatic heterocycles. The van der Waals surface area contributed by atoms with Crippen molar-refractivity contribution >= 4 is 17.7 Å². The van der Waals surface area contributed by atoms with Gasteiger partial charge in [0, 0.05) is 10.5 Å². The molecule has 4 nitrogen and oxygen atoms in total. The lowest BCUT2D eigenvalue weighted by atomic mass is 10.0. The van der Waals surface area contributed by atoms with E-state index in [-0.39, 0.29) is 11.3 Å². The summed E-state index contributed by atoms with van der Waals surface area (Å²) in [6.07, 6.45) is 0. The fourth-order valence-electron chi connectivity index (χ4n) is 2.75. The van der Waals surface area contributed by atoms with Crippen molar-refractivity contribution in [2.75, 3.05) is 0 Å². The summed E-state index contributed by atoms with van der Waals surface area (Å²) < 4.78 is 16.2. The zero-order valence-corrected chi connectivity index (χ0v) is 12.6. The smallest absolute Gasteiger partial charge is 0.356 e. The van der Waals surface area contributed by atoms with Gasteiger partial charge in [0.05, 0.1) is 16.9 Å². The van der Waals surface area contributed by atoms with Crippen LogP contribution in [0.4, 0.5) is 4.39 Å². The number of carboxylic acid groups (broad SMARTS) is 1. The second-order valence-electron chi connectivity index (χ2n) is 5.09. The van der Waals surface area contributed by atoms with E-state index in [1.54, 1.807) is 0 Å². The number of benzene rings is 2. The molecule has 0 aliphatic carbocycles. The van der Waals surface area contributed by atoms with Crippen LogP contribution < -0.4 is 0 Å². The largest absolute Gasteiger partial charge is 0.476 e. The van der Waals surface area contributed by atoms with Gasteiger partial charge in [-0.1, -0.05) is 48.2 Å². The molecule has 6 heteroatoms. The van der Waals surface area contributed by atoms with Gasteiger partial charge in [-0.2, -0.15) is 5.10 Å². The molecule has 0 fully saturated rings. The van der Waals surface area contributed by atoms with Gasteiger partial charge in [-0.25, -0.2) is 13.9 Å². The first-order valence-corrected chi connectivity index (χ1v) is 7.86. The van der Waals surface area contributed by atoms with Crippen LogP contribution in [0.1, 0.15) is 21.6 Å². The zero-order chi connectivity index (χ0) is 16.0.